The van der Waals surface area contributed by atoms with Crippen LogP contribution in [0.15, 0.2) is 35.6 Å². The fraction of sp³-hybridized carbons (Fsp3) is 0.250. The molecule has 2 aromatic rings. The van der Waals surface area contributed by atoms with Crippen LogP contribution in [0.25, 0.3) is 0 Å². The molecular weight excluding hydrogens is 369 g/mol. The molecule has 0 amide bonds. The maximum atomic E-state index is 12.9. The van der Waals surface area contributed by atoms with Gasteiger partial charge in [0.05, 0.1) is 10.5 Å². The summed E-state index contributed by atoms with van der Waals surface area (Å²) in [6.45, 7) is 0.187. The molecule has 26 heavy (non-hydrogen) atoms. The number of nitrogens with one attached hydrogen (secondary N) is 1. The topological polar surface area (TPSA) is 81.0 Å². The van der Waals surface area contributed by atoms with E-state index in [1.807, 2.05) is 0 Å². The quantitative estimate of drug-likeness (QED) is 0.210. The number of alkyl halides is 3. The van der Waals surface area contributed by atoms with Crippen LogP contribution in [0.5, 0.6) is 0 Å². The van der Waals surface area contributed by atoms with Crippen LogP contribution in [-0.4, -0.2) is 27.7 Å². The molecule has 1 aromatic carbocycles. The summed E-state index contributed by atoms with van der Waals surface area (Å²) < 4.78 is 38.6. The number of rotatable bonds is 5. The van der Waals surface area contributed by atoms with Crippen LogP contribution in [0.1, 0.15) is 17.5 Å². The third kappa shape index (κ3) is 4.86. The highest BCUT2D eigenvalue weighted by atomic mass is 32.2. The van der Waals surface area contributed by atoms with Crippen molar-refractivity contribution in [2.75, 3.05) is 18.1 Å². The molecule has 1 N–H and O–H groups in total. The molecule has 0 fully saturated rings. The minimum absolute atomic E-state index is 0.0480. The van der Waals surface area contributed by atoms with Crippen molar-refractivity contribution in [1.82, 2.24) is 9.97 Å². The van der Waals surface area contributed by atoms with Gasteiger partial charge in [-0.25, -0.2) is 9.97 Å². The normalized spacial score (nSPS) is 10.8. The van der Waals surface area contributed by atoms with E-state index in [0.717, 1.165) is 17.8 Å². The number of hydrogen-bond donors (Lipinski definition) is 1. The van der Waals surface area contributed by atoms with Gasteiger partial charge < -0.3 is 5.32 Å². The molecule has 0 saturated carbocycles. The fourth-order valence-corrected chi connectivity index (χ4v) is 2.56. The molecule has 1 heterocycles. The van der Waals surface area contributed by atoms with E-state index in [9.17, 15) is 23.3 Å². The van der Waals surface area contributed by atoms with Crippen LogP contribution < -0.4 is 5.32 Å². The Morgan fingerprint density at radius 3 is 2.69 bits per heavy atom. The Labute approximate surface area is 151 Å². The number of benzene rings is 1. The van der Waals surface area contributed by atoms with Gasteiger partial charge in [0.1, 0.15) is 6.33 Å². The zero-order valence-corrected chi connectivity index (χ0v) is 14.3. The number of nitro groups is 1. The molecule has 0 aliphatic heterocycles. The molecular formula is C16H13F3N4O2S. The molecule has 0 unspecified atom stereocenters. The van der Waals surface area contributed by atoms with E-state index in [2.05, 4.69) is 27.1 Å². The molecule has 2 rings (SSSR count). The first-order valence-corrected chi connectivity index (χ1v) is 8.49. The van der Waals surface area contributed by atoms with Gasteiger partial charge in [0, 0.05) is 18.5 Å². The van der Waals surface area contributed by atoms with E-state index in [1.165, 1.54) is 24.5 Å². The Hall–Kier alpha value is -2.80. The Kier molecular flexibility index (Phi) is 6.41. The van der Waals surface area contributed by atoms with Crippen LogP contribution in [0, 0.1) is 22.0 Å². The summed E-state index contributed by atoms with van der Waals surface area (Å²) in [5, 5.41) is 14.1. The van der Waals surface area contributed by atoms with Crippen LogP contribution in [-0.2, 0) is 6.18 Å². The minimum Gasteiger partial charge on any atom is -0.363 e. The third-order valence-electron chi connectivity index (χ3n) is 3.16. The van der Waals surface area contributed by atoms with Crippen molar-refractivity contribution in [3.63, 3.8) is 0 Å². The van der Waals surface area contributed by atoms with E-state index < -0.39 is 16.7 Å². The molecule has 10 heteroatoms. The van der Waals surface area contributed by atoms with Gasteiger partial charge in [0.2, 0.25) is 5.82 Å². The van der Waals surface area contributed by atoms with Crippen LogP contribution in [0.4, 0.5) is 24.7 Å². The second kappa shape index (κ2) is 8.53. The van der Waals surface area contributed by atoms with Crippen LogP contribution >= 0.6 is 11.8 Å². The number of anilines is 1. The van der Waals surface area contributed by atoms with Gasteiger partial charge in [-0.05, 0) is 18.4 Å². The average molecular weight is 382 g/mol. The predicted molar refractivity (Wildman–Crippen MR) is 91.9 cm³/mol. The smallest absolute Gasteiger partial charge is 0.363 e. The molecule has 0 radical (unpaired) electrons. The first-order valence-electron chi connectivity index (χ1n) is 7.27. The van der Waals surface area contributed by atoms with Gasteiger partial charge in [-0.2, -0.15) is 13.2 Å². The fourth-order valence-electron chi connectivity index (χ4n) is 2.05. The Morgan fingerprint density at radius 2 is 2.04 bits per heavy atom. The van der Waals surface area contributed by atoms with Crippen molar-refractivity contribution in [3.8, 4) is 11.8 Å². The summed E-state index contributed by atoms with van der Waals surface area (Å²) in [6, 6.07) is 5.04. The summed E-state index contributed by atoms with van der Waals surface area (Å²) >= 11 is 1.12. The van der Waals surface area contributed by atoms with E-state index in [4.69, 9.17) is 0 Å². The number of aromatic nitrogens is 2. The Morgan fingerprint density at radius 1 is 1.31 bits per heavy atom. The van der Waals surface area contributed by atoms with Gasteiger partial charge in [-0.3, -0.25) is 10.1 Å². The second-order valence-corrected chi connectivity index (χ2v) is 5.65. The minimum atomic E-state index is -4.47. The zero-order valence-electron chi connectivity index (χ0n) is 13.5. The molecule has 136 valence electrons. The number of nitrogens with zero attached hydrogens (tertiary/aromatic N) is 3. The van der Waals surface area contributed by atoms with Gasteiger partial charge in [-0.15, -0.1) is 11.8 Å². The van der Waals surface area contributed by atoms with E-state index in [0.29, 0.717) is 0 Å². The van der Waals surface area contributed by atoms with Crippen molar-refractivity contribution in [2.45, 2.75) is 17.6 Å². The summed E-state index contributed by atoms with van der Waals surface area (Å²) in [4.78, 5) is 18.2. The molecule has 0 spiro atoms. The number of hydrogen-bond acceptors (Lipinski definition) is 6. The first kappa shape index (κ1) is 19.5. The Balaban J connectivity index is 2.06. The van der Waals surface area contributed by atoms with Crippen molar-refractivity contribution < 1.29 is 18.1 Å². The van der Waals surface area contributed by atoms with Crippen molar-refractivity contribution in [3.05, 3.63) is 51.8 Å². The lowest BCUT2D eigenvalue weighted by Crippen LogP contribution is -2.08. The zero-order chi connectivity index (χ0) is 19.2. The van der Waals surface area contributed by atoms with E-state index in [-0.39, 0.29) is 35.1 Å². The standard InChI is InChI=1S/C16H13F3N4O2S/c1-26-15-13(23(24)25)14(21-10-22-15)20-9-5-4-7-11-6-2-3-8-12(11)16(17,18)19/h2-3,6,8,10H,5,9H2,1H3,(H,20,21,22). The highest BCUT2D eigenvalue weighted by Crippen LogP contribution is 2.32. The first-order chi connectivity index (χ1) is 12.3. The number of thioether (sulfide) groups is 1. The van der Waals surface area contributed by atoms with Gasteiger partial charge >= 0.3 is 11.9 Å². The maximum Gasteiger partial charge on any atom is 0.417 e. The maximum absolute atomic E-state index is 12.9. The lowest BCUT2D eigenvalue weighted by atomic mass is 10.1. The molecule has 0 aliphatic rings. The van der Waals surface area contributed by atoms with Crippen molar-refractivity contribution in [2.24, 2.45) is 0 Å². The van der Waals surface area contributed by atoms with Gasteiger partial charge in [-0.1, -0.05) is 24.0 Å². The monoisotopic (exact) mass is 382 g/mol. The summed E-state index contributed by atoms with van der Waals surface area (Å²) in [5.41, 5.74) is -1.15. The molecule has 0 saturated heterocycles. The van der Waals surface area contributed by atoms with Gasteiger partial charge in [0.15, 0.2) is 5.03 Å². The SMILES string of the molecule is CSc1ncnc(NCCC#Cc2ccccc2C(F)(F)F)c1[N+](=O)[O-]. The molecule has 0 bridgehead atoms. The van der Waals surface area contributed by atoms with E-state index >= 15 is 0 Å². The average Bonchev–Trinajstić information content (AvgIpc) is 2.60. The summed E-state index contributed by atoms with van der Waals surface area (Å²) in [7, 11) is 0. The van der Waals surface area contributed by atoms with Gasteiger partial charge in [0.25, 0.3) is 0 Å². The highest BCUT2D eigenvalue weighted by molar-refractivity contribution is 7.98. The summed E-state index contributed by atoms with van der Waals surface area (Å²) in [5.74, 6) is 5.16. The van der Waals surface area contributed by atoms with Crippen LogP contribution in [0.2, 0.25) is 0 Å². The molecule has 0 aliphatic carbocycles. The Bertz CT molecular complexity index is 863. The summed E-state index contributed by atoms with van der Waals surface area (Å²) in [6.07, 6.45) is -1.43. The lowest BCUT2D eigenvalue weighted by Gasteiger charge is -2.08. The second-order valence-electron chi connectivity index (χ2n) is 4.86. The molecule has 0 atom stereocenters. The van der Waals surface area contributed by atoms with E-state index in [1.54, 1.807) is 6.26 Å². The largest absolute Gasteiger partial charge is 0.417 e. The lowest BCUT2D eigenvalue weighted by molar-refractivity contribution is -0.387. The third-order valence-corrected chi connectivity index (χ3v) is 3.85. The highest BCUT2D eigenvalue weighted by Gasteiger charge is 2.32. The predicted octanol–water partition coefficient (Wildman–Crippen LogP) is 3.98. The molecule has 1 aromatic heterocycles. The molecule has 6 nitrogen and oxygen atoms in total. The van der Waals surface area contributed by atoms with Crippen molar-refractivity contribution >= 4 is 23.3 Å². The van der Waals surface area contributed by atoms with Crippen molar-refractivity contribution in [1.29, 1.82) is 0 Å². The number of halogens is 3. The van der Waals surface area contributed by atoms with Crippen LogP contribution in [0.3, 0.4) is 0 Å².